The molecule has 2 aromatic rings. The van der Waals surface area contributed by atoms with Gasteiger partial charge < -0.3 is 15.4 Å². The van der Waals surface area contributed by atoms with Gasteiger partial charge in [-0.05, 0) is 29.7 Å². The number of halogens is 2. The van der Waals surface area contributed by atoms with Crippen LogP contribution in [0.4, 0.5) is 8.78 Å². The highest BCUT2D eigenvalue weighted by molar-refractivity contribution is 5.85. The molecule has 0 fully saturated rings. The molecule has 0 heterocycles. The first-order chi connectivity index (χ1) is 12.5. The van der Waals surface area contributed by atoms with Crippen molar-refractivity contribution in [3.63, 3.8) is 0 Å². The number of amides is 2. The van der Waals surface area contributed by atoms with E-state index in [0.717, 1.165) is 11.1 Å². The molecule has 138 valence electrons. The molecule has 2 aromatic carbocycles. The highest BCUT2D eigenvalue weighted by Gasteiger charge is 2.07. The van der Waals surface area contributed by atoms with Gasteiger partial charge in [0.2, 0.25) is 11.8 Å². The zero-order valence-electron chi connectivity index (χ0n) is 14.1. The number of ether oxygens (including phenoxy) is 1. The van der Waals surface area contributed by atoms with Gasteiger partial charge in [0.25, 0.3) is 0 Å². The number of carbonyl (C=O) groups excluding carboxylic acids is 2. The molecule has 0 aromatic heterocycles. The van der Waals surface area contributed by atoms with E-state index in [-0.39, 0.29) is 30.5 Å². The van der Waals surface area contributed by atoms with Gasteiger partial charge >= 0.3 is 6.61 Å². The Kier molecular flexibility index (Phi) is 7.54. The third-order valence-corrected chi connectivity index (χ3v) is 3.54. The third kappa shape index (κ3) is 7.29. The van der Waals surface area contributed by atoms with E-state index in [4.69, 9.17) is 0 Å². The summed E-state index contributed by atoms with van der Waals surface area (Å²) in [6.07, 6.45) is 0.764. The molecule has 2 rings (SSSR count). The van der Waals surface area contributed by atoms with Gasteiger partial charge in [0.05, 0.1) is 13.0 Å². The second-order valence-electron chi connectivity index (χ2n) is 5.56. The molecule has 0 atom stereocenters. The summed E-state index contributed by atoms with van der Waals surface area (Å²) in [7, 11) is 0. The van der Waals surface area contributed by atoms with Crippen molar-refractivity contribution in [2.45, 2.75) is 19.5 Å². The van der Waals surface area contributed by atoms with Crippen molar-refractivity contribution in [2.75, 3.05) is 13.1 Å². The van der Waals surface area contributed by atoms with Crippen LogP contribution < -0.4 is 15.4 Å². The number of carbonyl (C=O) groups is 2. The average Bonchev–Trinajstić information content (AvgIpc) is 2.62. The molecule has 0 aliphatic carbocycles. The van der Waals surface area contributed by atoms with Crippen LogP contribution in [0.2, 0.25) is 0 Å². The molecular weight excluding hydrogens is 342 g/mol. The maximum absolute atomic E-state index is 12.1. The van der Waals surface area contributed by atoms with Crippen LogP contribution in [0.25, 0.3) is 0 Å². The van der Waals surface area contributed by atoms with Crippen molar-refractivity contribution in [3.05, 3.63) is 65.7 Å². The van der Waals surface area contributed by atoms with Crippen molar-refractivity contribution in [1.82, 2.24) is 10.6 Å². The lowest BCUT2D eigenvalue weighted by molar-refractivity contribution is -0.125. The summed E-state index contributed by atoms with van der Waals surface area (Å²) in [6.45, 7) is -2.56. The maximum atomic E-state index is 12.1. The minimum absolute atomic E-state index is 0.0904. The molecule has 0 unspecified atom stereocenters. The van der Waals surface area contributed by atoms with Crippen molar-refractivity contribution >= 4 is 11.8 Å². The monoisotopic (exact) mass is 362 g/mol. The van der Waals surface area contributed by atoms with Gasteiger partial charge in [-0.3, -0.25) is 9.59 Å². The first-order valence-electron chi connectivity index (χ1n) is 8.14. The van der Waals surface area contributed by atoms with Crippen LogP contribution in [0.15, 0.2) is 54.6 Å². The molecule has 0 saturated heterocycles. The summed E-state index contributed by atoms with van der Waals surface area (Å²) in [5.74, 6) is -0.418. The van der Waals surface area contributed by atoms with Crippen molar-refractivity contribution in [1.29, 1.82) is 0 Å². The van der Waals surface area contributed by atoms with E-state index in [0.29, 0.717) is 13.0 Å². The zero-order chi connectivity index (χ0) is 18.8. The van der Waals surface area contributed by atoms with Crippen LogP contribution >= 0.6 is 0 Å². The molecule has 26 heavy (non-hydrogen) atoms. The number of rotatable bonds is 9. The van der Waals surface area contributed by atoms with Gasteiger partial charge in [-0.25, -0.2) is 0 Å². The van der Waals surface area contributed by atoms with Crippen LogP contribution in [0.1, 0.15) is 11.1 Å². The molecule has 0 aliphatic heterocycles. The van der Waals surface area contributed by atoms with Crippen molar-refractivity contribution in [2.24, 2.45) is 0 Å². The van der Waals surface area contributed by atoms with Crippen molar-refractivity contribution in [3.8, 4) is 5.75 Å². The Morgan fingerprint density at radius 3 is 2.23 bits per heavy atom. The van der Waals surface area contributed by atoms with E-state index < -0.39 is 6.61 Å². The van der Waals surface area contributed by atoms with Crippen molar-refractivity contribution < 1.29 is 23.1 Å². The Bertz CT molecular complexity index is 706. The Balaban J connectivity index is 1.63. The molecule has 0 spiro atoms. The first-order valence-corrected chi connectivity index (χ1v) is 8.14. The van der Waals surface area contributed by atoms with E-state index >= 15 is 0 Å². The number of hydrogen-bond donors (Lipinski definition) is 2. The van der Waals surface area contributed by atoms with E-state index in [1.165, 1.54) is 12.1 Å². The molecule has 5 nitrogen and oxygen atoms in total. The van der Waals surface area contributed by atoms with Gasteiger partial charge in [0.1, 0.15) is 5.75 Å². The molecule has 2 N–H and O–H groups in total. The Hall–Kier alpha value is -2.96. The molecule has 0 aliphatic rings. The lowest BCUT2D eigenvalue weighted by Crippen LogP contribution is -2.38. The van der Waals surface area contributed by atoms with Crippen LogP contribution in [0, 0.1) is 0 Å². The first kappa shape index (κ1) is 19.4. The molecule has 7 heteroatoms. The van der Waals surface area contributed by atoms with Gasteiger partial charge in [0, 0.05) is 6.54 Å². The summed E-state index contributed by atoms with van der Waals surface area (Å²) in [5.41, 5.74) is 1.75. The van der Waals surface area contributed by atoms with Gasteiger partial charge in [-0.1, -0.05) is 42.5 Å². The van der Waals surface area contributed by atoms with Crippen LogP contribution in [0.3, 0.4) is 0 Å². The van der Waals surface area contributed by atoms with Crippen LogP contribution in [-0.2, 0) is 22.4 Å². The SMILES string of the molecule is O=C(CNC(=O)Cc1ccccc1)NCCc1ccc(OC(F)F)cc1. The molecule has 0 bridgehead atoms. The normalized spacial score (nSPS) is 10.4. The number of alkyl halides is 2. The smallest absolute Gasteiger partial charge is 0.387 e. The predicted octanol–water partition coefficient (Wildman–Crippen LogP) is 2.31. The number of nitrogens with one attached hydrogen (secondary N) is 2. The fourth-order valence-corrected chi connectivity index (χ4v) is 2.27. The minimum Gasteiger partial charge on any atom is -0.435 e. The van der Waals surface area contributed by atoms with E-state index in [1.807, 2.05) is 30.3 Å². The Labute approximate surface area is 150 Å². The molecular formula is C19H20F2N2O3. The summed E-state index contributed by atoms with van der Waals surface area (Å²) in [4.78, 5) is 23.5. The average molecular weight is 362 g/mol. The van der Waals surface area contributed by atoms with Gasteiger partial charge in [-0.15, -0.1) is 0 Å². The second-order valence-corrected chi connectivity index (χ2v) is 5.56. The van der Waals surface area contributed by atoms with Gasteiger partial charge in [0.15, 0.2) is 0 Å². The fourth-order valence-electron chi connectivity index (χ4n) is 2.27. The topological polar surface area (TPSA) is 67.4 Å². The fraction of sp³-hybridized carbons (Fsp3) is 0.263. The van der Waals surface area contributed by atoms with E-state index in [1.54, 1.807) is 12.1 Å². The van der Waals surface area contributed by atoms with E-state index in [2.05, 4.69) is 15.4 Å². The molecule has 2 amide bonds. The standard InChI is InChI=1S/C19H20F2N2O3/c20-19(21)26-16-8-6-14(7-9-16)10-11-22-18(25)13-23-17(24)12-15-4-2-1-3-5-15/h1-9,19H,10-13H2,(H,22,25)(H,23,24). The number of hydrogen-bond acceptors (Lipinski definition) is 3. The largest absolute Gasteiger partial charge is 0.435 e. The zero-order valence-corrected chi connectivity index (χ0v) is 14.1. The summed E-state index contributed by atoms with van der Waals surface area (Å²) in [6, 6.07) is 15.5. The lowest BCUT2D eigenvalue weighted by Gasteiger charge is -2.08. The van der Waals surface area contributed by atoms with Crippen LogP contribution in [-0.4, -0.2) is 31.5 Å². The lowest BCUT2D eigenvalue weighted by atomic mass is 10.1. The molecule has 0 radical (unpaired) electrons. The highest BCUT2D eigenvalue weighted by atomic mass is 19.3. The highest BCUT2D eigenvalue weighted by Crippen LogP contribution is 2.14. The minimum atomic E-state index is -2.85. The van der Waals surface area contributed by atoms with Gasteiger partial charge in [-0.2, -0.15) is 8.78 Å². The predicted molar refractivity (Wildman–Crippen MR) is 92.9 cm³/mol. The number of benzene rings is 2. The van der Waals surface area contributed by atoms with E-state index in [9.17, 15) is 18.4 Å². The third-order valence-electron chi connectivity index (χ3n) is 3.54. The quantitative estimate of drug-likeness (QED) is 0.719. The Morgan fingerprint density at radius 1 is 0.885 bits per heavy atom. The second kappa shape index (κ2) is 10.1. The summed E-state index contributed by atoms with van der Waals surface area (Å²) < 4.78 is 28.4. The Morgan fingerprint density at radius 2 is 1.58 bits per heavy atom. The summed E-state index contributed by atoms with van der Waals surface area (Å²) in [5, 5.41) is 5.26. The molecule has 0 saturated carbocycles. The maximum Gasteiger partial charge on any atom is 0.387 e. The summed E-state index contributed by atoms with van der Waals surface area (Å²) >= 11 is 0. The van der Waals surface area contributed by atoms with Crippen LogP contribution in [0.5, 0.6) is 5.75 Å².